The van der Waals surface area contributed by atoms with Crippen LogP contribution in [0, 0.1) is 0 Å². The van der Waals surface area contributed by atoms with Crippen LogP contribution >= 0.6 is 0 Å². The van der Waals surface area contributed by atoms with Gasteiger partial charge in [0.25, 0.3) is 0 Å². The predicted octanol–water partition coefficient (Wildman–Crippen LogP) is 2.87. The van der Waals surface area contributed by atoms with Crippen molar-refractivity contribution < 1.29 is 4.74 Å². The van der Waals surface area contributed by atoms with E-state index in [1.165, 1.54) is 11.1 Å². The molecule has 106 valence electrons. The van der Waals surface area contributed by atoms with Gasteiger partial charge in [-0.1, -0.05) is 42.5 Å². The molecule has 3 nitrogen and oxygen atoms in total. The Morgan fingerprint density at radius 1 is 1.05 bits per heavy atom. The summed E-state index contributed by atoms with van der Waals surface area (Å²) in [5, 5.41) is 3.49. The van der Waals surface area contributed by atoms with E-state index in [-0.39, 0.29) is 6.04 Å². The Labute approximate surface area is 120 Å². The predicted molar refractivity (Wildman–Crippen MR) is 82.7 cm³/mol. The van der Waals surface area contributed by atoms with Crippen LogP contribution in [0.1, 0.15) is 24.1 Å². The molecular weight excluding hydrogens is 248 g/mol. The van der Waals surface area contributed by atoms with Crippen molar-refractivity contribution in [3.8, 4) is 5.75 Å². The molecule has 0 heterocycles. The van der Waals surface area contributed by atoms with Crippen molar-refractivity contribution in [2.24, 2.45) is 5.73 Å². The molecule has 0 amide bonds. The standard InChI is InChI=1S/C17H22N2O/c1-2-20-16-10-8-15(9-11-16)17(12-18)19-13-14-6-4-3-5-7-14/h3-11,17,19H,2,12-13,18H2,1H3. The summed E-state index contributed by atoms with van der Waals surface area (Å²) in [7, 11) is 0. The topological polar surface area (TPSA) is 47.3 Å². The van der Waals surface area contributed by atoms with Crippen LogP contribution in [0.15, 0.2) is 54.6 Å². The van der Waals surface area contributed by atoms with Crippen LogP contribution in [0.25, 0.3) is 0 Å². The highest BCUT2D eigenvalue weighted by Crippen LogP contribution is 2.17. The van der Waals surface area contributed by atoms with Crippen LogP contribution in [-0.4, -0.2) is 13.2 Å². The highest BCUT2D eigenvalue weighted by molar-refractivity contribution is 5.29. The summed E-state index contributed by atoms with van der Waals surface area (Å²) >= 11 is 0. The van der Waals surface area contributed by atoms with Crippen molar-refractivity contribution in [1.82, 2.24) is 5.32 Å². The van der Waals surface area contributed by atoms with Crippen molar-refractivity contribution in [2.75, 3.05) is 13.2 Å². The van der Waals surface area contributed by atoms with Crippen molar-refractivity contribution in [1.29, 1.82) is 0 Å². The lowest BCUT2D eigenvalue weighted by Gasteiger charge is -2.18. The van der Waals surface area contributed by atoms with Gasteiger partial charge in [0, 0.05) is 19.1 Å². The largest absolute Gasteiger partial charge is 0.494 e. The summed E-state index contributed by atoms with van der Waals surface area (Å²) in [4.78, 5) is 0. The van der Waals surface area contributed by atoms with E-state index >= 15 is 0 Å². The molecule has 1 unspecified atom stereocenters. The molecule has 0 aliphatic heterocycles. The van der Waals surface area contributed by atoms with Gasteiger partial charge in [-0.25, -0.2) is 0 Å². The first-order chi connectivity index (χ1) is 9.83. The zero-order valence-electron chi connectivity index (χ0n) is 11.9. The van der Waals surface area contributed by atoms with Gasteiger partial charge in [0.2, 0.25) is 0 Å². The SMILES string of the molecule is CCOc1ccc(C(CN)NCc2ccccc2)cc1. The van der Waals surface area contributed by atoms with Gasteiger partial charge in [-0.3, -0.25) is 0 Å². The molecule has 0 saturated heterocycles. The molecule has 0 spiro atoms. The lowest BCUT2D eigenvalue weighted by atomic mass is 10.1. The number of nitrogens with two attached hydrogens (primary N) is 1. The van der Waals surface area contributed by atoms with Gasteiger partial charge in [0.1, 0.15) is 5.75 Å². The molecular formula is C17H22N2O. The monoisotopic (exact) mass is 270 g/mol. The van der Waals surface area contributed by atoms with Crippen LogP contribution < -0.4 is 15.8 Å². The molecule has 3 N–H and O–H groups in total. The van der Waals surface area contributed by atoms with Gasteiger partial charge in [-0.15, -0.1) is 0 Å². The molecule has 1 atom stereocenters. The molecule has 0 bridgehead atoms. The molecule has 3 heteroatoms. The number of ether oxygens (including phenoxy) is 1. The van der Waals surface area contributed by atoms with Crippen molar-refractivity contribution >= 4 is 0 Å². The Kier molecular flexibility index (Phi) is 5.59. The van der Waals surface area contributed by atoms with Gasteiger partial charge >= 0.3 is 0 Å². The van der Waals surface area contributed by atoms with E-state index < -0.39 is 0 Å². The van der Waals surface area contributed by atoms with E-state index in [0.29, 0.717) is 13.2 Å². The first kappa shape index (κ1) is 14.6. The molecule has 20 heavy (non-hydrogen) atoms. The molecule has 0 aliphatic rings. The second kappa shape index (κ2) is 7.68. The van der Waals surface area contributed by atoms with Crippen LogP contribution in [0.5, 0.6) is 5.75 Å². The van der Waals surface area contributed by atoms with Crippen LogP contribution in [0.3, 0.4) is 0 Å². The van der Waals surface area contributed by atoms with Crippen LogP contribution in [0.4, 0.5) is 0 Å². The third-order valence-electron chi connectivity index (χ3n) is 3.22. The van der Waals surface area contributed by atoms with Gasteiger partial charge in [0.05, 0.1) is 6.61 Å². The highest BCUT2D eigenvalue weighted by atomic mass is 16.5. The average molecular weight is 270 g/mol. The fourth-order valence-corrected chi connectivity index (χ4v) is 2.14. The van der Waals surface area contributed by atoms with Gasteiger partial charge < -0.3 is 15.8 Å². The summed E-state index contributed by atoms with van der Waals surface area (Å²) in [5.41, 5.74) is 8.32. The van der Waals surface area contributed by atoms with Crippen molar-refractivity contribution in [2.45, 2.75) is 19.5 Å². The Morgan fingerprint density at radius 3 is 2.35 bits per heavy atom. The van der Waals surface area contributed by atoms with Crippen molar-refractivity contribution in [3.63, 3.8) is 0 Å². The average Bonchev–Trinajstić information content (AvgIpc) is 2.51. The molecule has 0 aliphatic carbocycles. The van der Waals surface area contributed by atoms with E-state index in [1.807, 2.05) is 37.3 Å². The van der Waals surface area contributed by atoms with E-state index in [4.69, 9.17) is 10.5 Å². The number of hydrogen-bond donors (Lipinski definition) is 2. The van der Waals surface area contributed by atoms with E-state index in [1.54, 1.807) is 0 Å². The highest BCUT2D eigenvalue weighted by Gasteiger charge is 2.09. The Morgan fingerprint density at radius 2 is 1.75 bits per heavy atom. The zero-order chi connectivity index (χ0) is 14.2. The maximum absolute atomic E-state index is 5.87. The number of rotatable bonds is 7. The summed E-state index contributed by atoms with van der Waals surface area (Å²) in [6.07, 6.45) is 0. The van der Waals surface area contributed by atoms with Crippen LogP contribution in [0.2, 0.25) is 0 Å². The minimum Gasteiger partial charge on any atom is -0.494 e. The van der Waals surface area contributed by atoms with Crippen molar-refractivity contribution in [3.05, 3.63) is 65.7 Å². The second-order valence-corrected chi connectivity index (χ2v) is 4.66. The second-order valence-electron chi connectivity index (χ2n) is 4.66. The third-order valence-corrected chi connectivity index (χ3v) is 3.22. The summed E-state index contributed by atoms with van der Waals surface area (Å²) in [6.45, 7) is 4.06. The van der Waals surface area contributed by atoms with E-state index in [9.17, 15) is 0 Å². The lowest BCUT2D eigenvalue weighted by molar-refractivity contribution is 0.340. The Balaban J connectivity index is 1.97. The number of benzene rings is 2. The number of hydrogen-bond acceptors (Lipinski definition) is 3. The number of nitrogens with one attached hydrogen (secondary N) is 1. The minimum atomic E-state index is 0.158. The summed E-state index contributed by atoms with van der Waals surface area (Å²) in [5.74, 6) is 0.898. The maximum atomic E-state index is 5.87. The molecule has 0 aromatic heterocycles. The summed E-state index contributed by atoms with van der Waals surface area (Å²) < 4.78 is 5.45. The fraction of sp³-hybridized carbons (Fsp3) is 0.294. The third kappa shape index (κ3) is 4.08. The first-order valence-electron chi connectivity index (χ1n) is 7.03. The molecule has 0 saturated carbocycles. The smallest absolute Gasteiger partial charge is 0.119 e. The van der Waals surface area contributed by atoms with Gasteiger partial charge in [-0.05, 0) is 30.2 Å². The molecule has 2 aromatic rings. The van der Waals surface area contributed by atoms with Crippen LogP contribution in [-0.2, 0) is 6.54 Å². The normalized spacial score (nSPS) is 12.1. The molecule has 0 radical (unpaired) electrons. The maximum Gasteiger partial charge on any atom is 0.119 e. The molecule has 0 fully saturated rings. The minimum absolute atomic E-state index is 0.158. The van der Waals surface area contributed by atoms with Gasteiger partial charge in [-0.2, -0.15) is 0 Å². The van der Waals surface area contributed by atoms with Gasteiger partial charge in [0.15, 0.2) is 0 Å². The Hall–Kier alpha value is -1.84. The fourth-order valence-electron chi connectivity index (χ4n) is 2.14. The zero-order valence-corrected chi connectivity index (χ0v) is 11.9. The quantitative estimate of drug-likeness (QED) is 0.813. The van der Waals surface area contributed by atoms with E-state index in [2.05, 4.69) is 29.6 Å². The Bertz CT molecular complexity index is 496. The van der Waals surface area contributed by atoms with E-state index in [0.717, 1.165) is 12.3 Å². The first-order valence-corrected chi connectivity index (χ1v) is 7.03. The lowest BCUT2D eigenvalue weighted by Crippen LogP contribution is -2.27. The summed E-state index contributed by atoms with van der Waals surface area (Å²) in [6, 6.07) is 18.6. The molecule has 2 rings (SSSR count). The molecule has 2 aromatic carbocycles.